The lowest BCUT2D eigenvalue weighted by Gasteiger charge is -2.17. The number of rotatable bonds is 3. The molecule has 2 fully saturated rings. The van der Waals surface area contributed by atoms with Crippen molar-refractivity contribution in [2.45, 2.75) is 31.3 Å². The number of hydrogen-bond donors (Lipinski definition) is 1. The minimum absolute atomic E-state index is 0.242. The zero-order valence-corrected chi connectivity index (χ0v) is 10.4. The highest BCUT2D eigenvalue weighted by molar-refractivity contribution is 6.33. The summed E-state index contributed by atoms with van der Waals surface area (Å²) in [6, 6.07) is 5.67. The first-order valence-electron chi connectivity index (χ1n) is 6.18. The molecule has 17 heavy (non-hydrogen) atoms. The average Bonchev–Trinajstić information content (AvgIpc) is 3.05. The van der Waals surface area contributed by atoms with Crippen LogP contribution in [0.25, 0.3) is 0 Å². The molecular formula is C13H16ClFN2. The molecule has 2 nitrogen and oxygen atoms in total. The summed E-state index contributed by atoms with van der Waals surface area (Å²) in [5.74, 6) is -0.242. The molecule has 0 amide bonds. The summed E-state index contributed by atoms with van der Waals surface area (Å²) in [4.78, 5) is 2.52. The third-order valence-electron chi connectivity index (χ3n) is 3.57. The monoisotopic (exact) mass is 254 g/mol. The molecule has 0 bridgehead atoms. The summed E-state index contributed by atoms with van der Waals surface area (Å²) < 4.78 is 13.1. The first kappa shape index (κ1) is 11.3. The van der Waals surface area contributed by atoms with Crippen LogP contribution in [0.1, 0.15) is 19.3 Å². The largest absolute Gasteiger partial charge is 0.380 e. The highest BCUT2D eigenvalue weighted by atomic mass is 35.5. The van der Waals surface area contributed by atoms with Gasteiger partial charge in [0.2, 0.25) is 0 Å². The third kappa shape index (κ3) is 2.55. The van der Waals surface area contributed by atoms with Crippen molar-refractivity contribution < 1.29 is 4.39 Å². The predicted octanol–water partition coefficient (Wildman–Crippen LogP) is 3.13. The van der Waals surface area contributed by atoms with Crippen LogP contribution in [-0.2, 0) is 0 Å². The van der Waals surface area contributed by atoms with E-state index in [-0.39, 0.29) is 5.82 Å². The van der Waals surface area contributed by atoms with Crippen LogP contribution < -0.4 is 5.32 Å². The summed E-state index contributed by atoms with van der Waals surface area (Å²) >= 11 is 6.04. The molecule has 0 aromatic heterocycles. The molecule has 1 heterocycles. The van der Waals surface area contributed by atoms with Gasteiger partial charge in [0.25, 0.3) is 0 Å². The van der Waals surface area contributed by atoms with Crippen LogP contribution in [0.4, 0.5) is 10.1 Å². The number of nitrogens with zero attached hydrogens (tertiary/aromatic N) is 1. The van der Waals surface area contributed by atoms with E-state index < -0.39 is 0 Å². The van der Waals surface area contributed by atoms with Gasteiger partial charge in [-0.05, 0) is 37.5 Å². The number of benzene rings is 1. The van der Waals surface area contributed by atoms with Crippen LogP contribution in [0.3, 0.4) is 0 Å². The van der Waals surface area contributed by atoms with Crippen LogP contribution in [0.2, 0.25) is 5.02 Å². The van der Waals surface area contributed by atoms with Crippen molar-refractivity contribution in [3.63, 3.8) is 0 Å². The lowest BCUT2D eigenvalue weighted by molar-refractivity contribution is 0.326. The Morgan fingerprint density at radius 2 is 2.12 bits per heavy atom. The SMILES string of the molecule is Fc1ccc(Cl)c(NC2CCN(C3CC3)C2)c1. The summed E-state index contributed by atoms with van der Waals surface area (Å²) in [5, 5.41) is 3.94. The third-order valence-corrected chi connectivity index (χ3v) is 3.90. The topological polar surface area (TPSA) is 15.3 Å². The molecular weight excluding hydrogens is 239 g/mol. The molecule has 1 N–H and O–H groups in total. The van der Waals surface area contributed by atoms with Gasteiger partial charge in [-0.1, -0.05) is 11.6 Å². The van der Waals surface area contributed by atoms with Gasteiger partial charge in [0, 0.05) is 25.2 Å². The molecule has 1 aliphatic carbocycles. The Morgan fingerprint density at radius 1 is 1.29 bits per heavy atom. The van der Waals surface area contributed by atoms with E-state index in [2.05, 4.69) is 10.2 Å². The van der Waals surface area contributed by atoms with Crippen molar-refractivity contribution in [2.75, 3.05) is 18.4 Å². The Morgan fingerprint density at radius 3 is 2.88 bits per heavy atom. The van der Waals surface area contributed by atoms with E-state index in [1.165, 1.54) is 25.0 Å². The van der Waals surface area contributed by atoms with Crippen LogP contribution >= 0.6 is 11.6 Å². The molecule has 0 spiro atoms. The maximum absolute atomic E-state index is 13.1. The molecule has 1 aliphatic heterocycles. The van der Waals surface area contributed by atoms with Gasteiger partial charge in [-0.3, -0.25) is 4.90 Å². The Bertz CT molecular complexity index is 420. The van der Waals surface area contributed by atoms with Gasteiger partial charge in [0.1, 0.15) is 5.82 Å². The second-order valence-electron chi connectivity index (χ2n) is 4.98. The number of likely N-dealkylation sites (tertiary alicyclic amines) is 1. The van der Waals surface area contributed by atoms with Crippen LogP contribution in [0.5, 0.6) is 0 Å². The van der Waals surface area contributed by atoms with Crippen molar-refractivity contribution in [1.29, 1.82) is 0 Å². The van der Waals surface area contributed by atoms with Crippen LogP contribution in [-0.4, -0.2) is 30.1 Å². The summed E-state index contributed by atoms with van der Waals surface area (Å²) in [5.41, 5.74) is 0.717. The smallest absolute Gasteiger partial charge is 0.125 e. The Hall–Kier alpha value is -0.800. The van der Waals surface area contributed by atoms with Gasteiger partial charge in [-0.15, -0.1) is 0 Å². The van der Waals surface area contributed by atoms with E-state index in [4.69, 9.17) is 11.6 Å². The van der Waals surface area contributed by atoms with E-state index in [0.29, 0.717) is 16.8 Å². The van der Waals surface area contributed by atoms with E-state index in [0.717, 1.165) is 25.6 Å². The standard InChI is InChI=1S/C13H16ClFN2/c14-12-4-1-9(15)7-13(12)16-10-5-6-17(8-10)11-2-3-11/h1,4,7,10-11,16H,2-3,5-6,8H2. The van der Waals surface area contributed by atoms with Crippen molar-refractivity contribution in [3.8, 4) is 0 Å². The quantitative estimate of drug-likeness (QED) is 0.892. The number of anilines is 1. The van der Waals surface area contributed by atoms with E-state index in [1.54, 1.807) is 6.07 Å². The van der Waals surface area contributed by atoms with E-state index in [9.17, 15) is 4.39 Å². The second kappa shape index (κ2) is 4.46. The zero-order chi connectivity index (χ0) is 11.8. The van der Waals surface area contributed by atoms with Gasteiger partial charge in [0.05, 0.1) is 10.7 Å². The molecule has 4 heteroatoms. The highest BCUT2D eigenvalue weighted by Crippen LogP contribution is 2.31. The molecule has 1 saturated heterocycles. The zero-order valence-electron chi connectivity index (χ0n) is 9.63. The molecule has 1 saturated carbocycles. The Kier molecular flexibility index (Phi) is 2.97. The number of nitrogens with one attached hydrogen (secondary N) is 1. The molecule has 1 aromatic carbocycles. The lowest BCUT2D eigenvalue weighted by Crippen LogP contribution is -2.27. The van der Waals surface area contributed by atoms with Gasteiger partial charge >= 0.3 is 0 Å². The molecule has 0 radical (unpaired) electrons. The fourth-order valence-corrected chi connectivity index (χ4v) is 2.68. The summed E-state index contributed by atoms with van der Waals surface area (Å²) in [6.45, 7) is 2.20. The minimum atomic E-state index is -0.242. The normalized spacial score (nSPS) is 25.2. The van der Waals surface area contributed by atoms with Crippen molar-refractivity contribution >= 4 is 17.3 Å². The average molecular weight is 255 g/mol. The molecule has 3 rings (SSSR count). The first-order chi connectivity index (χ1) is 8.22. The van der Waals surface area contributed by atoms with Crippen molar-refractivity contribution in [2.24, 2.45) is 0 Å². The molecule has 1 unspecified atom stereocenters. The molecule has 1 atom stereocenters. The van der Waals surface area contributed by atoms with Gasteiger partial charge in [0.15, 0.2) is 0 Å². The molecule has 2 aliphatic rings. The summed E-state index contributed by atoms with van der Waals surface area (Å²) in [6.07, 6.45) is 3.80. The Balaban J connectivity index is 1.64. The van der Waals surface area contributed by atoms with E-state index in [1.807, 2.05) is 0 Å². The second-order valence-corrected chi connectivity index (χ2v) is 5.39. The maximum Gasteiger partial charge on any atom is 0.125 e. The van der Waals surface area contributed by atoms with Gasteiger partial charge < -0.3 is 5.32 Å². The number of halogens is 2. The fraction of sp³-hybridized carbons (Fsp3) is 0.538. The fourth-order valence-electron chi connectivity index (χ4n) is 2.50. The summed E-state index contributed by atoms with van der Waals surface area (Å²) in [7, 11) is 0. The van der Waals surface area contributed by atoms with Crippen molar-refractivity contribution in [3.05, 3.63) is 29.0 Å². The van der Waals surface area contributed by atoms with Gasteiger partial charge in [-0.25, -0.2) is 4.39 Å². The van der Waals surface area contributed by atoms with E-state index >= 15 is 0 Å². The highest BCUT2D eigenvalue weighted by Gasteiger charge is 2.34. The Labute approximate surface area is 106 Å². The van der Waals surface area contributed by atoms with Crippen LogP contribution in [0, 0.1) is 5.82 Å². The predicted molar refractivity (Wildman–Crippen MR) is 68.0 cm³/mol. The minimum Gasteiger partial charge on any atom is -0.380 e. The lowest BCUT2D eigenvalue weighted by atomic mass is 10.2. The van der Waals surface area contributed by atoms with Gasteiger partial charge in [-0.2, -0.15) is 0 Å². The van der Waals surface area contributed by atoms with Crippen molar-refractivity contribution in [1.82, 2.24) is 4.90 Å². The molecule has 1 aromatic rings. The number of hydrogen-bond acceptors (Lipinski definition) is 2. The first-order valence-corrected chi connectivity index (χ1v) is 6.56. The molecule has 92 valence electrons. The maximum atomic E-state index is 13.1. The van der Waals surface area contributed by atoms with Crippen LogP contribution in [0.15, 0.2) is 18.2 Å².